The number of carbonyl (C=O) groups is 3. The fourth-order valence-electron chi connectivity index (χ4n) is 4.77. The molecule has 31 heavy (non-hydrogen) atoms. The monoisotopic (exact) mass is 428 g/mol. The standard InChI is InChI=1S/C24H36N4O3/c1-4-7-13-21(29)26-16-14-24(15-17-26)23(31)27(18-22(30)25(5-2)6-3)19-28(24)20-11-9-8-10-12-20/h8-12H,4-7,13-19H2,1-3H3. The number of amides is 3. The lowest BCUT2D eigenvalue weighted by molar-refractivity contribution is -0.142. The van der Waals surface area contributed by atoms with Crippen LogP contribution in [-0.2, 0) is 14.4 Å². The highest BCUT2D eigenvalue weighted by Crippen LogP contribution is 2.39. The number of likely N-dealkylation sites (tertiary alicyclic amines) is 1. The highest BCUT2D eigenvalue weighted by atomic mass is 16.2. The van der Waals surface area contributed by atoms with Crippen LogP contribution in [0.3, 0.4) is 0 Å². The van der Waals surface area contributed by atoms with Crippen LogP contribution in [0.25, 0.3) is 0 Å². The SMILES string of the molecule is CCCCC(=O)N1CCC2(CC1)C(=O)N(CC(=O)N(CC)CC)CN2c1ccccc1. The first-order valence-electron chi connectivity index (χ1n) is 11.6. The molecule has 0 unspecified atom stereocenters. The van der Waals surface area contributed by atoms with Crippen molar-refractivity contribution >= 4 is 23.4 Å². The van der Waals surface area contributed by atoms with Gasteiger partial charge in [-0.1, -0.05) is 31.5 Å². The van der Waals surface area contributed by atoms with Crippen molar-refractivity contribution in [2.24, 2.45) is 0 Å². The third-order valence-electron chi connectivity index (χ3n) is 6.71. The predicted octanol–water partition coefficient (Wildman–Crippen LogP) is 2.71. The van der Waals surface area contributed by atoms with E-state index in [1.165, 1.54) is 0 Å². The van der Waals surface area contributed by atoms with Crippen molar-refractivity contribution < 1.29 is 14.4 Å². The Morgan fingerprint density at radius 2 is 1.68 bits per heavy atom. The van der Waals surface area contributed by atoms with Gasteiger partial charge in [0.2, 0.25) is 11.8 Å². The molecule has 1 spiro atoms. The molecule has 0 N–H and O–H groups in total. The molecule has 2 saturated heterocycles. The van der Waals surface area contributed by atoms with Crippen LogP contribution in [0.5, 0.6) is 0 Å². The number of nitrogens with zero attached hydrogens (tertiary/aromatic N) is 4. The number of piperidine rings is 1. The molecule has 0 saturated carbocycles. The smallest absolute Gasteiger partial charge is 0.250 e. The Hall–Kier alpha value is -2.57. The Kier molecular flexibility index (Phi) is 7.57. The summed E-state index contributed by atoms with van der Waals surface area (Å²) in [6.45, 7) is 8.93. The van der Waals surface area contributed by atoms with Crippen molar-refractivity contribution in [1.82, 2.24) is 14.7 Å². The van der Waals surface area contributed by atoms with E-state index < -0.39 is 5.54 Å². The summed E-state index contributed by atoms with van der Waals surface area (Å²) in [5.41, 5.74) is 0.297. The van der Waals surface area contributed by atoms with E-state index in [1.54, 1.807) is 9.80 Å². The van der Waals surface area contributed by atoms with E-state index in [-0.39, 0.29) is 24.3 Å². The van der Waals surface area contributed by atoms with E-state index in [1.807, 2.05) is 49.1 Å². The van der Waals surface area contributed by atoms with Crippen LogP contribution < -0.4 is 4.90 Å². The molecule has 0 aliphatic carbocycles. The Morgan fingerprint density at radius 1 is 1.03 bits per heavy atom. The third kappa shape index (κ3) is 4.70. The van der Waals surface area contributed by atoms with Gasteiger partial charge in [0.25, 0.3) is 5.91 Å². The molecule has 0 atom stereocenters. The summed E-state index contributed by atoms with van der Waals surface area (Å²) in [6.07, 6.45) is 3.66. The first-order chi connectivity index (χ1) is 15.0. The van der Waals surface area contributed by atoms with Gasteiger partial charge in [0.1, 0.15) is 12.1 Å². The summed E-state index contributed by atoms with van der Waals surface area (Å²) >= 11 is 0. The summed E-state index contributed by atoms with van der Waals surface area (Å²) in [5, 5.41) is 0. The number of rotatable bonds is 8. The normalized spacial score (nSPS) is 18.0. The van der Waals surface area contributed by atoms with Crippen molar-refractivity contribution in [2.75, 3.05) is 44.3 Å². The minimum Gasteiger partial charge on any atom is -0.342 e. The molecule has 2 fully saturated rings. The van der Waals surface area contributed by atoms with Gasteiger partial charge < -0.3 is 19.6 Å². The number of benzene rings is 1. The van der Waals surface area contributed by atoms with Gasteiger partial charge in [-0.3, -0.25) is 14.4 Å². The molecule has 0 bridgehead atoms. The number of hydrogen-bond acceptors (Lipinski definition) is 4. The van der Waals surface area contributed by atoms with Gasteiger partial charge in [0.05, 0.1) is 6.67 Å². The van der Waals surface area contributed by atoms with Crippen molar-refractivity contribution in [3.8, 4) is 0 Å². The molecule has 0 radical (unpaired) electrons. The molecular weight excluding hydrogens is 392 g/mol. The molecule has 1 aromatic rings. The molecule has 170 valence electrons. The Bertz CT molecular complexity index is 770. The number of likely N-dealkylation sites (N-methyl/N-ethyl adjacent to an activating group) is 1. The van der Waals surface area contributed by atoms with Crippen LogP contribution in [0.1, 0.15) is 52.9 Å². The number of carbonyl (C=O) groups excluding carboxylic acids is 3. The lowest BCUT2D eigenvalue weighted by Gasteiger charge is -2.43. The van der Waals surface area contributed by atoms with Gasteiger partial charge >= 0.3 is 0 Å². The summed E-state index contributed by atoms with van der Waals surface area (Å²) in [5.74, 6) is 0.176. The van der Waals surface area contributed by atoms with Gasteiger partial charge in [-0.2, -0.15) is 0 Å². The van der Waals surface area contributed by atoms with Crippen LogP contribution in [0, 0.1) is 0 Å². The quantitative estimate of drug-likeness (QED) is 0.639. The van der Waals surface area contributed by atoms with Gasteiger partial charge in [-0.15, -0.1) is 0 Å². The van der Waals surface area contributed by atoms with Crippen LogP contribution in [-0.4, -0.2) is 77.4 Å². The maximum atomic E-state index is 13.7. The minimum absolute atomic E-state index is 0.0116. The number of hydrogen-bond donors (Lipinski definition) is 0. The first kappa shape index (κ1) is 23.1. The van der Waals surface area contributed by atoms with Crippen molar-refractivity contribution in [3.05, 3.63) is 30.3 Å². The first-order valence-corrected chi connectivity index (χ1v) is 11.6. The zero-order valence-corrected chi connectivity index (χ0v) is 19.2. The van der Waals surface area contributed by atoms with Crippen LogP contribution in [0.2, 0.25) is 0 Å². The minimum atomic E-state index is -0.688. The number of para-hydroxylation sites is 1. The Balaban J connectivity index is 1.80. The van der Waals surface area contributed by atoms with E-state index in [4.69, 9.17) is 0 Å². The van der Waals surface area contributed by atoms with E-state index in [9.17, 15) is 14.4 Å². The number of unbranched alkanes of at least 4 members (excludes halogenated alkanes) is 1. The topological polar surface area (TPSA) is 64.2 Å². The fraction of sp³-hybridized carbons (Fsp3) is 0.625. The zero-order chi connectivity index (χ0) is 22.4. The molecule has 2 aliphatic rings. The van der Waals surface area contributed by atoms with E-state index in [2.05, 4.69) is 11.8 Å². The van der Waals surface area contributed by atoms with Gasteiger partial charge in [-0.25, -0.2) is 0 Å². The summed E-state index contributed by atoms with van der Waals surface area (Å²) in [4.78, 5) is 46.4. The lowest BCUT2D eigenvalue weighted by Crippen LogP contribution is -2.57. The zero-order valence-electron chi connectivity index (χ0n) is 19.2. The third-order valence-corrected chi connectivity index (χ3v) is 6.71. The molecule has 7 nitrogen and oxygen atoms in total. The summed E-state index contributed by atoms with van der Waals surface area (Å²) in [6, 6.07) is 9.94. The average molecular weight is 429 g/mol. The van der Waals surface area contributed by atoms with Crippen LogP contribution in [0.15, 0.2) is 30.3 Å². The second-order valence-electron chi connectivity index (χ2n) is 8.49. The molecule has 2 aliphatic heterocycles. The summed E-state index contributed by atoms with van der Waals surface area (Å²) < 4.78 is 0. The largest absolute Gasteiger partial charge is 0.342 e. The van der Waals surface area contributed by atoms with Gasteiger partial charge in [0.15, 0.2) is 0 Å². The lowest BCUT2D eigenvalue weighted by atomic mass is 9.85. The van der Waals surface area contributed by atoms with E-state index in [0.717, 1.165) is 18.5 Å². The molecule has 3 amide bonds. The van der Waals surface area contributed by atoms with Crippen molar-refractivity contribution in [3.63, 3.8) is 0 Å². The van der Waals surface area contributed by atoms with Crippen molar-refractivity contribution in [1.29, 1.82) is 0 Å². The highest BCUT2D eigenvalue weighted by molar-refractivity contribution is 5.96. The van der Waals surface area contributed by atoms with Gasteiger partial charge in [-0.05, 0) is 45.2 Å². The molecule has 2 heterocycles. The summed E-state index contributed by atoms with van der Waals surface area (Å²) in [7, 11) is 0. The maximum absolute atomic E-state index is 13.7. The molecule has 7 heteroatoms. The maximum Gasteiger partial charge on any atom is 0.250 e. The molecule has 1 aromatic carbocycles. The van der Waals surface area contributed by atoms with Crippen molar-refractivity contribution in [2.45, 2.75) is 58.4 Å². The Labute approximate surface area is 186 Å². The fourth-order valence-corrected chi connectivity index (χ4v) is 4.77. The Morgan fingerprint density at radius 3 is 2.26 bits per heavy atom. The van der Waals surface area contributed by atoms with Crippen LogP contribution >= 0.6 is 0 Å². The molecular formula is C24H36N4O3. The van der Waals surface area contributed by atoms with Crippen LogP contribution in [0.4, 0.5) is 5.69 Å². The highest BCUT2D eigenvalue weighted by Gasteiger charge is 2.54. The van der Waals surface area contributed by atoms with Gasteiger partial charge in [0, 0.05) is 38.3 Å². The average Bonchev–Trinajstić information content (AvgIpc) is 3.05. The second kappa shape index (κ2) is 10.2. The molecule has 0 aromatic heterocycles. The predicted molar refractivity (Wildman–Crippen MR) is 121 cm³/mol. The van der Waals surface area contributed by atoms with E-state index in [0.29, 0.717) is 52.1 Å². The second-order valence-corrected chi connectivity index (χ2v) is 8.49. The molecule has 3 rings (SSSR count). The van der Waals surface area contributed by atoms with E-state index >= 15 is 0 Å². The number of anilines is 1.